The van der Waals surface area contributed by atoms with Crippen molar-refractivity contribution >= 4 is 27.1 Å². The lowest BCUT2D eigenvalue weighted by molar-refractivity contribution is 0.104. The number of hydrogen-bond donors (Lipinski definition) is 1. The average molecular weight is 387 g/mol. The van der Waals surface area contributed by atoms with E-state index in [1.165, 1.54) is 30.6 Å². The largest absolute Gasteiger partial charge is 0.497 e. The van der Waals surface area contributed by atoms with Crippen molar-refractivity contribution in [2.75, 3.05) is 7.11 Å². The van der Waals surface area contributed by atoms with Gasteiger partial charge in [-0.3, -0.25) is 4.79 Å². The van der Waals surface area contributed by atoms with Gasteiger partial charge in [0.2, 0.25) is 15.8 Å². The molecule has 7 heteroatoms. The summed E-state index contributed by atoms with van der Waals surface area (Å²) in [5.74, 6) is 0.520. The maximum Gasteiger partial charge on any atom is 0.240 e. The molecule has 0 atom stereocenters. The molecule has 2 aromatic carbocycles. The summed E-state index contributed by atoms with van der Waals surface area (Å²) in [6.45, 7) is 0.126. The van der Waals surface area contributed by atoms with Crippen LogP contribution < -0.4 is 9.46 Å². The number of methoxy groups -OCH3 is 1. The number of rotatable bonds is 7. The van der Waals surface area contributed by atoms with Gasteiger partial charge in [-0.05, 0) is 36.4 Å². The average Bonchev–Trinajstić information content (AvgIpc) is 3.16. The van der Waals surface area contributed by atoms with Crippen LogP contribution in [0.3, 0.4) is 0 Å². The van der Waals surface area contributed by atoms with Gasteiger partial charge < -0.3 is 4.74 Å². The maximum absolute atomic E-state index is 12.4. The molecule has 0 unspecified atom stereocenters. The smallest absolute Gasteiger partial charge is 0.240 e. The summed E-state index contributed by atoms with van der Waals surface area (Å²) in [4.78, 5) is 13.9. The van der Waals surface area contributed by atoms with Crippen LogP contribution in [0, 0.1) is 0 Å². The lowest BCUT2D eigenvalue weighted by Gasteiger charge is -2.06. The second-order valence-corrected chi connectivity index (χ2v) is 8.40. The Morgan fingerprint density at radius 3 is 2.35 bits per heavy atom. The Labute approximate surface area is 156 Å². The van der Waals surface area contributed by atoms with Crippen molar-refractivity contribution in [3.8, 4) is 5.75 Å². The van der Waals surface area contributed by atoms with Gasteiger partial charge in [0.05, 0.1) is 16.9 Å². The molecule has 0 aliphatic carbocycles. The lowest BCUT2D eigenvalue weighted by Crippen LogP contribution is -2.22. The summed E-state index contributed by atoms with van der Waals surface area (Å²) in [6.07, 6.45) is 0. The first-order chi connectivity index (χ1) is 12.5. The molecule has 0 saturated heterocycles. The molecule has 0 radical (unpaired) electrons. The minimum atomic E-state index is -3.63. The van der Waals surface area contributed by atoms with E-state index >= 15 is 0 Å². The fraction of sp³-hybridized carbons (Fsp3) is 0.105. The van der Waals surface area contributed by atoms with Gasteiger partial charge in [-0.1, -0.05) is 30.3 Å². The maximum atomic E-state index is 12.4. The highest BCUT2D eigenvalue weighted by molar-refractivity contribution is 7.89. The van der Waals surface area contributed by atoms with E-state index in [9.17, 15) is 13.2 Å². The highest BCUT2D eigenvalue weighted by Gasteiger charge is 2.16. The Morgan fingerprint density at radius 2 is 1.69 bits per heavy atom. The molecule has 0 aliphatic heterocycles. The quantitative estimate of drug-likeness (QED) is 0.630. The lowest BCUT2D eigenvalue weighted by atomic mass is 10.1. The number of ketones is 1. The molecule has 134 valence electrons. The third-order valence-corrected chi connectivity index (χ3v) is 6.23. The number of hydrogen-bond acceptors (Lipinski definition) is 5. The second-order valence-electron chi connectivity index (χ2n) is 5.46. The fourth-order valence-electron chi connectivity index (χ4n) is 2.33. The van der Waals surface area contributed by atoms with Crippen LogP contribution in [0.2, 0.25) is 0 Å². The van der Waals surface area contributed by atoms with E-state index in [1.807, 2.05) is 18.2 Å². The first-order valence-corrected chi connectivity index (χ1v) is 10.1. The second kappa shape index (κ2) is 7.82. The van der Waals surface area contributed by atoms with Crippen LogP contribution in [0.25, 0.3) is 0 Å². The van der Waals surface area contributed by atoms with Crippen LogP contribution in [0.1, 0.15) is 20.1 Å². The van der Waals surface area contributed by atoms with Crippen LogP contribution in [0.5, 0.6) is 5.75 Å². The molecule has 0 fully saturated rings. The van der Waals surface area contributed by atoms with Gasteiger partial charge in [-0.15, -0.1) is 11.3 Å². The molecule has 0 amide bonds. The highest BCUT2D eigenvalue weighted by atomic mass is 32.2. The number of carbonyl (C=O) groups excluding carboxylic acids is 1. The van der Waals surface area contributed by atoms with Crippen molar-refractivity contribution < 1.29 is 17.9 Å². The zero-order chi connectivity index (χ0) is 18.6. The Kier molecular flexibility index (Phi) is 5.51. The van der Waals surface area contributed by atoms with Gasteiger partial charge >= 0.3 is 0 Å². The van der Waals surface area contributed by atoms with Crippen molar-refractivity contribution in [1.82, 2.24) is 4.72 Å². The van der Waals surface area contributed by atoms with Crippen LogP contribution >= 0.6 is 11.3 Å². The zero-order valence-electron chi connectivity index (χ0n) is 14.0. The molecular formula is C19H17NO4S2. The number of ether oxygens (including phenoxy) is 1. The monoisotopic (exact) mass is 387 g/mol. The topological polar surface area (TPSA) is 72.5 Å². The van der Waals surface area contributed by atoms with Crippen molar-refractivity contribution in [2.45, 2.75) is 11.4 Å². The Morgan fingerprint density at radius 1 is 1.00 bits per heavy atom. The van der Waals surface area contributed by atoms with E-state index in [1.54, 1.807) is 36.4 Å². The van der Waals surface area contributed by atoms with E-state index in [-0.39, 0.29) is 17.2 Å². The molecule has 1 aromatic heterocycles. The molecule has 1 heterocycles. The SMILES string of the molecule is COc1ccc(S(=O)(=O)NCc2ccc(C(=O)c3ccccc3)s2)cc1. The molecule has 0 aliphatic rings. The van der Waals surface area contributed by atoms with Crippen molar-refractivity contribution in [1.29, 1.82) is 0 Å². The molecule has 0 saturated carbocycles. The van der Waals surface area contributed by atoms with Gasteiger partial charge in [0, 0.05) is 17.0 Å². The van der Waals surface area contributed by atoms with Gasteiger partial charge in [-0.2, -0.15) is 0 Å². The van der Waals surface area contributed by atoms with Gasteiger partial charge in [0.15, 0.2) is 0 Å². The van der Waals surface area contributed by atoms with E-state index in [0.29, 0.717) is 16.2 Å². The van der Waals surface area contributed by atoms with E-state index in [2.05, 4.69) is 4.72 Å². The number of thiophene rings is 1. The van der Waals surface area contributed by atoms with Crippen molar-refractivity contribution in [3.05, 3.63) is 82.0 Å². The number of carbonyl (C=O) groups is 1. The summed E-state index contributed by atoms with van der Waals surface area (Å²) in [7, 11) is -2.11. The molecule has 5 nitrogen and oxygen atoms in total. The van der Waals surface area contributed by atoms with E-state index in [4.69, 9.17) is 4.74 Å². The van der Waals surface area contributed by atoms with Crippen LogP contribution in [-0.4, -0.2) is 21.3 Å². The Hall–Kier alpha value is -2.48. The van der Waals surface area contributed by atoms with Crippen molar-refractivity contribution in [3.63, 3.8) is 0 Å². The number of nitrogens with one attached hydrogen (secondary N) is 1. The third-order valence-electron chi connectivity index (χ3n) is 3.73. The van der Waals surface area contributed by atoms with E-state index < -0.39 is 10.0 Å². The van der Waals surface area contributed by atoms with Gasteiger partial charge in [-0.25, -0.2) is 13.1 Å². The molecular weight excluding hydrogens is 370 g/mol. The third kappa shape index (κ3) is 4.19. The Balaban J connectivity index is 1.68. The number of benzene rings is 2. The minimum absolute atomic E-state index is 0.0696. The summed E-state index contributed by atoms with van der Waals surface area (Å²) in [5.41, 5.74) is 0.611. The van der Waals surface area contributed by atoms with Crippen LogP contribution in [-0.2, 0) is 16.6 Å². The highest BCUT2D eigenvalue weighted by Crippen LogP contribution is 2.21. The molecule has 1 N–H and O–H groups in total. The van der Waals surface area contributed by atoms with Crippen LogP contribution in [0.4, 0.5) is 0 Å². The molecule has 26 heavy (non-hydrogen) atoms. The predicted octanol–water partition coefficient (Wildman–Crippen LogP) is 3.47. The molecule has 3 rings (SSSR count). The minimum Gasteiger partial charge on any atom is -0.497 e. The van der Waals surface area contributed by atoms with Crippen molar-refractivity contribution in [2.24, 2.45) is 0 Å². The first kappa shape index (κ1) is 18.3. The molecule has 3 aromatic rings. The first-order valence-electron chi connectivity index (χ1n) is 7.82. The predicted molar refractivity (Wildman–Crippen MR) is 101 cm³/mol. The van der Waals surface area contributed by atoms with E-state index in [0.717, 1.165) is 4.88 Å². The number of sulfonamides is 1. The van der Waals surface area contributed by atoms with Gasteiger partial charge in [0.25, 0.3) is 0 Å². The summed E-state index contributed by atoms with van der Waals surface area (Å²) >= 11 is 1.28. The normalized spacial score (nSPS) is 11.3. The fourth-order valence-corrected chi connectivity index (χ4v) is 4.34. The standard InChI is InChI=1S/C19H17NO4S2/c1-24-15-7-10-17(11-8-15)26(22,23)20-13-16-9-12-18(25-16)19(21)14-5-3-2-4-6-14/h2-12,20H,13H2,1H3. The summed E-state index contributed by atoms with van der Waals surface area (Å²) in [5, 5.41) is 0. The molecule has 0 bridgehead atoms. The van der Waals surface area contributed by atoms with Crippen LogP contribution in [0.15, 0.2) is 71.6 Å². The summed E-state index contributed by atoms with van der Waals surface area (Å²) in [6, 6.07) is 18.6. The van der Waals surface area contributed by atoms with Gasteiger partial charge in [0.1, 0.15) is 5.75 Å². The summed E-state index contributed by atoms with van der Waals surface area (Å²) < 4.78 is 32.3. The Bertz CT molecular complexity index is 994. The zero-order valence-corrected chi connectivity index (χ0v) is 15.6. The molecule has 0 spiro atoms.